The van der Waals surface area contributed by atoms with Crippen molar-refractivity contribution < 1.29 is 27.5 Å². The van der Waals surface area contributed by atoms with Gasteiger partial charge < -0.3 is 26.0 Å². The number of piperazine rings is 1. The van der Waals surface area contributed by atoms with E-state index in [0.717, 1.165) is 6.07 Å². The number of carbonyl (C=O) groups is 2. The molecule has 0 radical (unpaired) electrons. The number of hydrogen-bond donors (Lipinski definition) is 2. The Morgan fingerprint density at radius 3 is 2.24 bits per heavy atom. The van der Waals surface area contributed by atoms with Gasteiger partial charge in [0.2, 0.25) is 0 Å². The molecule has 1 saturated heterocycles. The summed E-state index contributed by atoms with van der Waals surface area (Å²) < 4.78 is 46.3. The molecular formula is C22H26F3N5O3. The molecule has 0 unspecified atom stereocenters. The summed E-state index contributed by atoms with van der Waals surface area (Å²) in [7, 11) is 1.50. The molecule has 0 saturated carbocycles. The van der Waals surface area contributed by atoms with Gasteiger partial charge in [-0.2, -0.15) is 18.2 Å². The highest BCUT2D eigenvalue weighted by Crippen LogP contribution is 2.38. The maximum atomic E-state index is 13.7. The highest BCUT2D eigenvalue weighted by molar-refractivity contribution is 6.02. The van der Waals surface area contributed by atoms with Gasteiger partial charge in [-0.1, -0.05) is 13.5 Å². The fourth-order valence-corrected chi connectivity index (χ4v) is 3.44. The van der Waals surface area contributed by atoms with Crippen LogP contribution in [0.5, 0.6) is 5.75 Å². The number of nitrogens with zero attached hydrogens (tertiary/aromatic N) is 3. The summed E-state index contributed by atoms with van der Waals surface area (Å²) >= 11 is 0. The minimum absolute atomic E-state index is 0. The lowest BCUT2D eigenvalue weighted by atomic mass is 10.1. The first-order valence-corrected chi connectivity index (χ1v) is 9.63. The number of benzene rings is 2. The van der Waals surface area contributed by atoms with Crippen LogP contribution in [-0.4, -0.2) is 56.0 Å². The number of rotatable bonds is 4. The summed E-state index contributed by atoms with van der Waals surface area (Å²) in [6.07, 6.45) is -4.70. The fourth-order valence-electron chi connectivity index (χ4n) is 3.44. The molecule has 1 heterocycles. The topological polar surface area (TPSA) is 114 Å². The number of ether oxygens (including phenoxy) is 1. The van der Waals surface area contributed by atoms with Crippen LogP contribution in [0.4, 0.5) is 18.9 Å². The Hall–Kier alpha value is -3.76. The Bertz CT molecular complexity index is 1040. The third-order valence-electron chi connectivity index (χ3n) is 5.00. The summed E-state index contributed by atoms with van der Waals surface area (Å²) in [4.78, 5) is 31.1. The normalized spacial score (nSPS) is 13.7. The Labute approximate surface area is 189 Å². The van der Waals surface area contributed by atoms with E-state index in [2.05, 4.69) is 4.99 Å². The van der Waals surface area contributed by atoms with E-state index in [9.17, 15) is 22.8 Å². The van der Waals surface area contributed by atoms with Crippen LogP contribution in [0.15, 0.2) is 47.5 Å². The number of aliphatic imine (C=N–C) groups is 1. The van der Waals surface area contributed by atoms with Gasteiger partial charge in [-0.05, 0) is 36.4 Å². The lowest BCUT2D eigenvalue weighted by molar-refractivity contribution is -0.137. The van der Waals surface area contributed by atoms with E-state index in [1.54, 1.807) is 29.2 Å². The summed E-state index contributed by atoms with van der Waals surface area (Å²) in [6.45, 7) is 0.865. The zero-order chi connectivity index (χ0) is 23.5. The van der Waals surface area contributed by atoms with Crippen molar-refractivity contribution in [2.45, 2.75) is 13.6 Å². The van der Waals surface area contributed by atoms with Crippen LogP contribution >= 0.6 is 0 Å². The number of halogens is 3. The number of methoxy groups -OCH3 is 1. The highest BCUT2D eigenvalue weighted by Gasteiger charge is 2.36. The standard InChI is InChI=1S/C21H22F3N5O3.CH4/c1-32-15-4-2-3-14(11-15)19(31)29-9-7-28(8-10-29)17-6-5-13(18(30)27-20(25)26)12-16(17)21(22,23)24;/h2-6,11-12H,7-10H2,1H3,(H4,25,26,27,30);1H4. The van der Waals surface area contributed by atoms with E-state index in [1.807, 2.05) is 0 Å². The number of carbonyl (C=O) groups excluding carboxylic acids is 2. The SMILES string of the molecule is C.COc1cccc(C(=O)N2CCN(c3ccc(C(=O)N=C(N)N)cc3C(F)(F)F)CC2)c1. The smallest absolute Gasteiger partial charge is 0.418 e. The maximum absolute atomic E-state index is 13.7. The highest BCUT2D eigenvalue weighted by atomic mass is 19.4. The van der Waals surface area contributed by atoms with Gasteiger partial charge in [0.25, 0.3) is 11.8 Å². The van der Waals surface area contributed by atoms with E-state index >= 15 is 0 Å². The van der Waals surface area contributed by atoms with Gasteiger partial charge >= 0.3 is 6.18 Å². The van der Waals surface area contributed by atoms with Crippen LogP contribution in [0.25, 0.3) is 0 Å². The number of anilines is 1. The first-order valence-electron chi connectivity index (χ1n) is 9.63. The van der Waals surface area contributed by atoms with E-state index in [-0.39, 0.29) is 50.8 Å². The third kappa shape index (κ3) is 5.93. The fraction of sp³-hybridized carbons (Fsp3) is 0.318. The van der Waals surface area contributed by atoms with E-state index < -0.39 is 23.6 Å². The first kappa shape index (κ1) is 25.5. The average molecular weight is 465 g/mol. The van der Waals surface area contributed by atoms with E-state index in [1.165, 1.54) is 24.1 Å². The second kappa shape index (κ2) is 10.2. The van der Waals surface area contributed by atoms with Gasteiger partial charge in [-0.15, -0.1) is 0 Å². The van der Waals surface area contributed by atoms with Crippen LogP contribution in [0.2, 0.25) is 0 Å². The Morgan fingerprint density at radius 2 is 1.67 bits per heavy atom. The molecule has 2 aromatic rings. The molecule has 0 spiro atoms. The van der Waals surface area contributed by atoms with Gasteiger partial charge in [-0.3, -0.25) is 9.59 Å². The van der Waals surface area contributed by atoms with Gasteiger partial charge in [0.15, 0.2) is 5.96 Å². The van der Waals surface area contributed by atoms with E-state index in [4.69, 9.17) is 16.2 Å². The molecule has 178 valence electrons. The predicted molar refractivity (Wildman–Crippen MR) is 119 cm³/mol. The molecular weight excluding hydrogens is 439 g/mol. The van der Waals surface area contributed by atoms with Crippen LogP contribution < -0.4 is 21.1 Å². The summed E-state index contributed by atoms with van der Waals surface area (Å²) in [5, 5.41) is 0. The van der Waals surface area contributed by atoms with Crippen molar-refractivity contribution in [3.8, 4) is 5.75 Å². The molecule has 0 aliphatic carbocycles. The molecule has 8 nitrogen and oxygen atoms in total. The molecule has 11 heteroatoms. The molecule has 4 N–H and O–H groups in total. The molecule has 0 atom stereocenters. The number of alkyl halides is 3. The minimum Gasteiger partial charge on any atom is -0.497 e. The largest absolute Gasteiger partial charge is 0.497 e. The van der Waals surface area contributed by atoms with Crippen LogP contribution in [-0.2, 0) is 6.18 Å². The van der Waals surface area contributed by atoms with Gasteiger partial charge in [-0.25, -0.2) is 0 Å². The Morgan fingerprint density at radius 1 is 1.00 bits per heavy atom. The van der Waals surface area contributed by atoms with Crippen molar-refractivity contribution in [2.75, 3.05) is 38.2 Å². The molecule has 1 aliphatic heterocycles. The predicted octanol–water partition coefficient (Wildman–Crippen LogP) is 2.73. The molecule has 1 aliphatic rings. The van der Waals surface area contributed by atoms with Crippen molar-refractivity contribution in [3.63, 3.8) is 0 Å². The zero-order valence-corrected chi connectivity index (χ0v) is 17.2. The molecule has 0 bridgehead atoms. The van der Waals surface area contributed by atoms with E-state index in [0.29, 0.717) is 11.3 Å². The molecule has 2 aromatic carbocycles. The molecule has 33 heavy (non-hydrogen) atoms. The van der Waals surface area contributed by atoms with Gasteiger partial charge in [0, 0.05) is 43.0 Å². The molecule has 0 aromatic heterocycles. The second-order valence-electron chi connectivity index (χ2n) is 7.08. The van der Waals surface area contributed by atoms with Gasteiger partial charge in [0.05, 0.1) is 12.7 Å². The van der Waals surface area contributed by atoms with Crippen molar-refractivity contribution in [2.24, 2.45) is 16.5 Å². The first-order chi connectivity index (χ1) is 15.1. The number of hydrogen-bond acceptors (Lipinski definition) is 4. The van der Waals surface area contributed by atoms with Crippen molar-refractivity contribution >= 4 is 23.5 Å². The maximum Gasteiger partial charge on any atom is 0.418 e. The van der Waals surface area contributed by atoms with Crippen LogP contribution in [0, 0.1) is 0 Å². The lowest BCUT2D eigenvalue weighted by Crippen LogP contribution is -2.49. The Kier molecular flexibility index (Phi) is 7.91. The summed E-state index contributed by atoms with van der Waals surface area (Å²) in [5.74, 6) is -1.18. The zero-order valence-electron chi connectivity index (χ0n) is 17.2. The molecule has 3 rings (SSSR count). The Balaban J connectivity index is 0.00000385. The van der Waals surface area contributed by atoms with Gasteiger partial charge in [0.1, 0.15) is 5.75 Å². The average Bonchev–Trinajstić information content (AvgIpc) is 2.77. The van der Waals surface area contributed by atoms with Crippen molar-refractivity contribution in [3.05, 3.63) is 59.2 Å². The molecule has 1 fully saturated rings. The van der Waals surface area contributed by atoms with Crippen LogP contribution in [0.1, 0.15) is 33.7 Å². The third-order valence-corrected chi connectivity index (χ3v) is 5.00. The monoisotopic (exact) mass is 465 g/mol. The van der Waals surface area contributed by atoms with Crippen molar-refractivity contribution in [1.82, 2.24) is 4.90 Å². The summed E-state index contributed by atoms with van der Waals surface area (Å²) in [5.41, 5.74) is 9.39. The second-order valence-corrected chi connectivity index (χ2v) is 7.08. The molecule has 2 amide bonds. The number of nitrogens with two attached hydrogens (primary N) is 2. The number of guanidine groups is 1. The number of amides is 2. The quantitative estimate of drug-likeness (QED) is 0.530. The minimum atomic E-state index is -4.70. The summed E-state index contributed by atoms with van der Waals surface area (Å²) in [6, 6.07) is 9.88. The lowest BCUT2D eigenvalue weighted by Gasteiger charge is -2.37. The van der Waals surface area contributed by atoms with Crippen molar-refractivity contribution in [1.29, 1.82) is 0 Å². The van der Waals surface area contributed by atoms with Crippen LogP contribution in [0.3, 0.4) is 0 Å².